The largest absolute Gasteiger partial charge is 0.467 e. The van der Waals surface area contributed by atoms with Crippen molar-refractivity contribution in [2.24, 2.45) is 12.0 Å². The smallest absolute Gasteiger partial charge is 0.192 e. The van der Waals surface area contributed by atoms with E-state index in [0.29, 0.717) is 19.0 Å². The number of aromatic nitrogens is 3. The summed E-state index contributed by atoms with van der Waals surface area (Å²) in [5.74, 6) is 3.26. The van der Waals surface area contributed by atoms with Gasteiger partial charge in [0, 0.05) is 26.8 Å². The summed E-state index contributed by atoms with van der Waals surface area (Å²) in [6, 6.07) is 3.79. The zero-order valence-corrected chi connectivity index (χ0v) is 14.6. The minimum Gasteiger partial charge on any atom is -0.467 e. The van der Waals surface area contributed by atoms with E-state index >= 15 is 0 Å². The number of hydrogen-bond acceptors (Lipinski definition) is 5. The summed E-state index contributed by atoms with van der Waals surface area (Å²) >= 11 is 0. The Kier molecular flexibility index (Phi) is 7.28. The molecule has 2 rings (SSSR count). The molecule has 0 radical (unpaired) electrons. The fourth-order valence-electron chi connectivity index (χ4n) is 2.02. The second-order valence-corrected chi connectivity index (χ2v) is 5.30. The van der Waals surface area contributed by atoms with Gasteiger partial charge in [-0.05, 0) is 32.4 Å². The van der Waals surface area contributed by atoms with Crippen molar-refractivity contribution < 1.29 is 9.15 Å². The molecule has 0 unspecified atom stereocenters. The van der Waals surface area contributed by atoms with Crippen LogP contribution in [0.15, 0.2) is 27.8 Å². The zero-order chi connectivity index (χ0) is 17.2. The summed E-state index contributed by atoms with van der Waals surface area (Å²) in [6.45, 7) is 7.19. The Hall–Kier alpha value is -2.35. The molecule has 0 aromatic carbocycles. The Balaban J connectivity index is 1.89. The molecular formula is C16H26N6O2. The first-order chi connectivity index (χ1) is 11.7. The molecule has 2 heterocycles. The van der Waals surface area contributed by atoms with Crippen LogP contribution in [0.25, 0.3) is 0 Å². The lowest BCUT2D eigenvalue weighted by Gasteiger charge is -2.12. The minimum atomic E-state index is 0.455. The first kappa shape index (κ1) is 18.0. The maximum absolute atomic E-state index is 5.35. The highest BCUT2D eigenvalue weighted by Crippen LogP contribution is 2.00. The molecule has 0 fully saturated rings. The topological polar surface area (TPSA) is 89.5 Å². The monoisotopic (exact) mass is 334 g/mol. The standard InChI is InChI=1S/C16H26N6O2/c1-4-23-9-6-8-17-16(18-11-14-7-5-10-24-14)19-12-15-21-20-13(2)22(15)3/h5,7,10H,4,6,8-9,11-12H2,1-3H3,(H2,17,18,19). The number of furan rings is 1. The van der Waals surface area contributed by atoms with Crippen LogP contribution in [-0.2, 0) is 24.9 Å². The third-order valence-electron chi connectivity index (χ3n) is 3.53. The molecule has 8 nitrogen and oxygen atoms in total. The second kappa shape index (κ2) is 9.71. The van der Waals surface area contributed by atoms with Gasteiger partial charge in [-0.3, -0.25) is 0 Å². The van der Waals surface area contributed by atoms with E-state index in [1.54, 1.807) is 6.26 Å². The van der Waals surface area contributed by atoms with Crippen molar-refractivity contribution in [1.82, 2.24) is 25.4 Å². The van der Waals surface area contributed by atoms with Crippen molar-refractivity contribution in [2.45, 2.75) is 33.4 Å². The molecule has 0 aliphatic carbocycles. The van der Waals surface area contributed by atoms with Crippen LogP contribution in [-0.4, -0.2) is 40.5 Å². The lowest BCUT2D eigenvalue weighted by atomic mass is 10.4. The van der Waals surface area contributed by atoms with Crippen LogP contribution in [0.5, 0.6) is 0 Å². The second-order valence-electron chi connectivity index (χ2n) is 5.30. The van der Waals surface area contributed by atoms with Gasteiger partial charge in [0.2, 0.25) is 0 Å². The number of guanidine groups is 1. The molecule has 8 heteroatoms. The molecule has 0 aliphatic heterocycles. The third-order valence-corrected chi connectivity index (χ3v) is 3.53. The van der Waals surface area contributed by atoms with Crippen LogP contribution in [0.3, 0.4) is 0 Å². The van der Waals surface area contributed by atoms with E-state index in [4.69, 9.17) is 9.15 Å². The summed E-state index contributed by atoms with van der Waals surface area (Å²) in [5, 5.41) is 14.7. The molecule has 0 atom stereocenters. The van der Waals surface area contributed by atoms with Gasteiger partial charge in [0.1, 0.15) is 18.1 Å². The van der Waals surface area contributed by atoms with Crippen molar-refractivity contribution in [1.29, 1.82) is 0 Å². The van der Waals surface area contributed by atoms with Gasteiger partial charge in [-0.2, -0.15) is 0 Å². The Morgan fingerprint density at radius 1 is 1.38 bits per heavy atom. The molecule has 0 saturated heterocycles. The van der Waals surface area contributed by atoms with E-state index in [-0.39, 0.29) is 0 Å². The predicted molar refractivity (Wildman–Crippen MR) is 91.5 cm³/mol. The molecule has 2 aromatic heterocycles. The van der Waals surface area contributed by atoms with E-state index < -0.39 is 0 Å². The maximum atomic E-state index is 5.35. The Morgan fingerprint density at radius 3 is 2.92 bits per heavy atom. The maximum Gasteiger partial charge on any atom is 0.192 e. The van der Waals surface area contributed by atoms with Crippen molar-refractivity contribution in [2.75, 3.05) is 19.8 Å². The third kappa shape index (κ3) is 5.69. The van der Waals surface area contributed by atoms with Crippen LogP contribution in [0.2, 0.25) is 0 Å². The summed E-state index contributed by atoms with van der Waals surface area (Å²) < 4.78 is 12.6. The molecule has 24 heavy (non-hydrogen) atoms. The highest BCUT2D eigenvalue weighted by molar-refractivity contribution is 5.79. The number of nitrogens with zero attached hydrogens (tertiary/aromatic N) is 4. The number of ether oxygens (including phenoxy) is 1. The first-order valence-electron chi connectivity index (χ1n) is 8.18. The molecular weight excluding hydrogens is 308 g/mol. The lowest BCUT2D eigenvalue weighted by molar-refractivity contribution is 0.145. The Labute approximate surface area is 142 Å². The molecule has 0 bridgehead atoms. The van der Waals surface area contributed by atoms with Crippen LogP contribution in [0.4, 0.5) is 0 Å². The van der Waals surface area contributed by atoms with E-state index in [0.717, 1.165) is 43.6 Å². The van der Waals surface area contributed by atoms with E-state index in [9.17, 15) is 0 Å². The van der Waals surface area contributed by atoms with Gasteiger partial charge in [-0.1, -0.05) is 0 Å². The van der Waals surface area contributed by atoms with Crippen LogP contribution in [0.1, 0.15) is 30.8 Å². The average molecular weight is 334 g/mol. The van der Waals surface area contributed by atoms with Crippen LogP contribution < -0.4 is 10.6 Å². The quantitative estimate of drug-likeness (QED) is 0.409. The van der Waals surface area contributed by atoms with E-state index in [1.807, 2.05) is 37.6 Å². The molecule has 0 saturated carbocycles. The van der Waals surface area contributed by atoms with Gasteiger partial charge >= 0.3 is 0 Å². The fraction of sp³-hybridized carbons (Fsp3) is 0.562. The summed E-state index contributed by atoms with van der Waals surface area (Å²) in [5.41, 5.74) is 0. The normalized spacial score (nSPS) is 11.7. The Morgan fingerprint density at radius 2 is 2.25 bits per heavy atom. The van der Waals surface area contributed by atoms with Crippen LogP contribution in [0, 0.1) is 6.92 Å². The SMILES string of the molecule is CCOCCCNC(=NCc1nnc(C)n1C)NCc1ccco1. The molecule has 0 aliphatic rings. The van der Waals surface area contributed by atoms with Gasteiger partial charge in [0.25, 0.3) is 0 Å². The molecule has 132 valence electrons. The number of rotatable bonds is 9. The van der Waals surface area contributed by atoms with Crippen LogP contribution >= 0.6 is 0 Å². The van der Waals surface area contributed by atoms with Gasteiger partial charge in [0.05, 0.1) is 12.8 Å². The summed E-state index contributed by atoms with van der Waals surface area (Å²) in [6.07, 6.45) is 2.57. The fourth-order valence-corrected chi connectivity index (χ4v) is 2.02. The van der Waals surface area contributed by atoms with Crippen molar-refractivity contribution in [3.8, 4) is 0 Å². The van der Waals surface area contributed by atoms with Gasteiger partial charge in [0.15, 0.2) is 11.8 Å². The van der Waals surface area contributed by atoms with Gasteiger partial charge in [-0.25, -0.2) is 4.99 Å². The highest BCUT2D eigenvalue weighted by Gasteiger charge is 2.05. The van der Waals surface area contributed by atoms with Crippen molar-refractivity contribution >= 4 is 5.96 Å². The van der Waals surface area contributed by atoms with Crippen molar-refractivity contribution in [3.63, 3.8) is 0 Å². The summed E-state index contributed by atoms with van der Waals surface area (Å²) in [4.78, 5) is 4.57. The van der Waals surface area contributed by atoms with Crippen molar-refractivity contribution in [3.05, 3.63) is 35.8 Å². The predicted octanol–water partition coefficient (Wildman–Crippen LogP) is 1.38. The molecule has 0 amide bonds. The van der Waals surface area contributed by atoms with E-state index in [1.165, 1.54) is 0 Å². The minimum absolute atomic E-state index is 0.455. The first-order valence-corrected chi connectivity index (χ1v) is 8.18. The number of hydrogen-bond donors (Lipinski definition) is 2. The number of aryl methyl sites for hydroxylation is 1. The van der Waals surface area contributed by atoms with Gasteiger partial charge < -0.3 is 24.4 Å². The summed E-state index contributed by atoms with van der Waals surface area (Å²) in [7, 11) is 1.94. The number of aliphatic imine (C=N–C) groups is 1. The molecule has 2 aromatic rings. The zero-order valence-electron chi connectivity index (χ0n) is 14.6. The average Bonchev–Trinajstić information content (AvgIpc) is 3.21. The number of nitrogens with one attached hydrogen (secondary N) is 2. The molecule has 0 spiro atoms. The van der Waals surface area contributed by atoms with E-state index in [2.05, 4.69) is 25.8 Å². The lowest BCUT2D eigenvalue weighted by Crippen LogP contribution is -2.37. The Bertz CT molecular complexity index is 621. The molecule has 2 N–H and O–H groups in total. The highest BCUT2D eigenvalue weighted by atomic mass is 16.5. The van der Waals surface area contributed by atoms with Gasteiger partial charge in [-0.15, -0.1) is 10.2 Å².